The highest BCUT2D eigenvalue weighted by Gasteiger charge is 2.22. The molecular formula is C22H36FIN4O2. The first kappa shape index (κ1) is 25.3. The number of rotatable bonds is 10. The molecule has 1 aromatic carbocycles. The van der Waals surface area contributed by atoms with Crippen molar-refractivity contribution in [3.8, 4) is 0 Å². The van der Waals surface area contributed by atoms with E-state index in [4.69, 9.17) is 4.74 Å². The highest BCUT2D eigenvalue weighted by Crippen LogP contribution is 2.28. The van der Waals surface area contributed by atoms with Crippen LogP contribution in [0.2, 0.25) is 0 Å². The number of piperidine rings is 1. The van der Waals surface area contributed by atoms with Crippen LogP contribution in [0, 0.1) is 11.7 Å². The summed E-state index contributed by atoms with van der Waals surface area (Å²) in [5.41, 5.74) is 1.14. The van der Waals surface area contributed by atoms with E-state index in [9.17, 15) is 9.50 Å². The lowest BCUT2D eigenvalue weighted by Gasteiger charge is -2.33. The third-order valence-electron chi connectivity index (χ3n) is 5.41. The fourth-order valence-corrected chi connectivity index (χ4v) is 3.50. The molecule has 2 aliphatic rings. The molecule has 0 radical (unpaired) electrons. The molecule has 30 heavy (non-hydrogen) atoms. The van der Waals surface area contributed by atoms with Crippen LogP contribution in [0.25, 0.3) is 0 Å². The van der Waals surface area contributed by atoms with Crippen LogP contribution in [0.5, 0.6) is 0 Å². The molecule has 0 bridgehead atoms. The molecular weight excluding hydrogens is 498 g/mol. The first-order valence-corrected chi connectivity index (χ1v) is 10.9. The van der Waals surface area contributed by atoms with Gasteiger partial charge in [0, 0.05) is 38.8 Å². The molecule has 1 unspecified atom stereocenters. The van der Waals surface area contributed by atoms with Crippen LogP contribution in [0.4, 0.5) is 4.39 Å². The number of hydrogen-bond acceptors (Lipinski definition) is 4. The van der Waals surface area contributed by atoms with E-state index in [1.807, 2.05) is 19.1 Å². The molecule has 1 saturated carbocycles. The molecule has 1 saturated heterocycles. The van der Waals surface area contributed by atoms with Gasteiger partial charge >= 0.3 is 0 Å². The molecule has 1 heterocycles. The normalized spacial score (nSPS) is 19.2. The summed E-state index contributed by atoms with van der Waals surface area (Å²) in [5.74, 6) is 1.27. The molecule has 1 atom stereocenters. The van der Waals surface area contributed by atoms with Gasteiger partial charge in [0.1, 0.15) is 5.82 Å². The van der Waals surface area contributed by atoms with Crippen LogP contribution >= 0.6 is 24.0 Å². The first-order chi connectivity index (χ1) is 14.1. The van der Waals surface area contributed by atoms with Crippen LogP contribution in [0.1, 0.15) is 38.2 Å². The molecule has 0 amide bonds. The molecule has 2 fully saturated rings. The first-order valence-electron chi connectivity index (χ1n) is 10.9. The second-order valence-electron chi connectivity index (χ2n) is 8.18. The van der Waals surface area contributed by atoms with Crippen LogP contribution in [-0.4, -0.2) is 67.5 Å². The predicted molar refractivity (Wildman–Crippen MR) is 129 cm³/mol. The number of guanidine groups is 1. The summed E-state index contributed by atoms with van der Waals surface area (Å²) >= 11 is 0. The van der Waals surface area contributed by atoms with E-state index in [-0.39, 0.29) is 29.8 Å². The summed E-state index contributed by atoms with van der Waals surface area (Å²) in [6, 6.07) is 7.12. The Morgan fingerprint density at radius 2 is 1.93 bits per heavy atom. The van der Waals surface area contributed by atoms with E-state index >= 15 is 0 Å². The van der Waals surface area contributed by atoms with Gasteiger partial charge in [-0.15, -0.1) is 24.0 Å². The lowest BCUT2D eigenvalue weighted by Crippen LogP contribution is -2.48. The van der Waals surface area contributed by atoms with E-state index in [0.717, 1.165) is 57.2 Å². The Bertz CT molecular complexity index is 635. The summed E-state index contributed by atoms with van der Waals surface area (Å²) in [4.78, 5) is 6.93. The lowest BCUT2D eigenvalue weighted by molar-refractivity contribution is 0.0368. The minimum absolute atomic E-state index is 0. The maximum Gasteiger partial charge on any atom is 0.191 e. The summed E-state index contributed by atoms with van der Waals surface area (Å²) in [6.07, 6.45) is 4.00. The van der Waals surface area contributed by atoms with Gasteiger partial charge in [-0.1, -0.05) is 12.1 Å². The SMILES string of the molecule is CCNC(=NCC(O)COCC1CC1)NC1CCN(Cc2ccc(F)cc2)CC1.I. The minimum Gasteiger partial charge on any atom is -0.389 e. The lowest BCUT2D eigenvalue weighted by atomic mass is 10.0. The smallest absolute Gasteiger partial charge is 0.191 e. The second kappa shape index (κ2) is 13.4. The Morgan fingerprint density at radius 3 is 2.57 bits per heavy atom. The van der Waals surface area contributed by atoms with E-state index < -0.39 is 6.10 Å². The predicted octanol–water partition coefficient (Wildman–Crippen LogP) is 2.75. The average Bonchev–Trinajstić information content (AvgIpc) is 3.54. The summed E-state index contributed by atoms with van der Waals surface area (Å²) in [6.45, 7) is 7.10. The van der Waals surface area contributed by atoms with Crippen molar-refractivity contribution in [3.63, 3.8) is 0 Å². The van der Waals surface area contributed by atoms with Gasteiger partial charge in [0.25, 0.3) is 0 Å². The summed E-state index contributed by atoms with van der Waals surface area (Å²) < 4.78 is 18.6. The van der Waals surface area contributed by atoms with E-state index in [1.54, 1.807) is 0 Å². The second-order valence-corrected chi connectivity index (χ2v) is 8.18. The molecule has 170 valence electrons. The fraction of sp³-hybridized carbons (Fsp3) is 0.682. The number of hydrogen-bond donors (Lipinski definition) is 3. The summed E-state index contributed by atoms with van der Waals surface area (Å²) in [7, 11) is 0. The number of halogens is 2. The van der Waals surface area contributed by atoms with Crippen LogP contribution in [-0.2, 0) is 11.3 Å². The fourth-order valence-electron chi connectivity index (χ4n) is 3.50. The van der Waals surface area contributed by atoms with Crippen LogP contribution < -0.4 is 10.6 Å². The Morgan fingerprint density at radius 1 is 1.23 bits per heavy atom. The highest BCUT2D eigenvalue weighted by molar-refractivity contribution is 14.0. The zero-order chi connectivity index (χ0) is 20.5. The van der Waals surface area contributed by atoms with E-state index in [0.29, 0.717) is 25.1 Å². The molecule has 6 nitrogen and oxygen atoms in total. The van der Waals surface area contributed by atoms with Crippen molar-refractivity contribution in [2.45, 2.75) is 51.3 Å². The quantitative estimate of drug-likeness (QED) is 0.245. The number of likely N-dealkylation sites (tertiary alicyclic amines) is 1. The largest absolute Gasteiger partial charge is 0.389 e. The standard InChI is InChI=1S/C22H35FN4O2.HI/c1-2-24-22(25-13-21(28)16-29-15-18-3-4-18)26-20-9-11-27(12-10-20)14-17-5-7-19(23)8-6-17;/h5-8,18,20-21,28H,2-4,9-16H2,1H3,(H2,24,25,26);1H. The monoisotopic (exact) mass is 534 g/mol. The van der Waals surface area contributed by atoms with Crippen molar-refractivity contribution in [3.05, 3.63) is 35.6 Å². The van der Waals surface area contributed by atoms with Gasteiger partial charge in [-0.25, -0.2) is 4.39 Å². The number of aliphatic hydroxyl groups is 1. The molecule has 3 N–H and O–H groups in total. The zero-order valence-corrected chi connectivity index (χ0v) is 20.2. The maximum atomic E-state index is 13.0. The Hall–Kier alpha value is -0.970. The van der Waals surface area contributed by atoms with Crippen LogP contribution in [0.3, 0.4) is 0 Å². The van der Waals surface area contributed by atoms with Crippen molar-refractivity contribution < 1.29 is 14.2 Å². The van der Waals surface area contributed by atoms with E-state index in [2.05, 4.69) is 20.5 Å². The number of ether oxygens (including phenoxy) is 1. The average molecular weight is 534 g/mol. The number of benzene rings is 1. The number of nitrogens with one attached hydrogen (secondary N) is 2. The van der Waals surface area contributed by atoms with Crippen LogP contribution in [0.15, 0.2) is 29.3 Å². The molecule has 8 heteroatoms. The van der Waals surface area contributed by atoms with Gasteiger partial charge < -0.3 is 20.5 Å². The third kappa shape index (κ3) is 9.45. The Balaban J connectivity index is 0.00000320. The van der Waals surface area contributed by atoms with Gasteiger partial charge in [-0.3, -0.25) is 9.89 Å². The van der Waals surface area contributed by atoms with Gasteiger partial charge in [0.05, 0.1) is 19.3 Å². The Kier molecular flexibility index (Phi) is 11.3. The molecule has 1 aromatic rings. The highest BCUT2D eigenvalue weighted by atomic mass is 127. The minimum atomic E-state index is -0.568. The number of aliphatic hydroxyl groups excluding tert-OH is 1. The van der Waals surface area contributed by atoms with E-state index in [1.165, 1.54) is 25.0 Å². The van der Waals surface area contributed by atoms with Gasteiger partial charge in [-0.2, -0.15) is 0 Å². The van der Waals surface area contributed by atoms with Gasteiger partial charge in [-0.05, 0) is 56.2 Å². The third-order valence-corrected chi connectivity index (χ3v) is 5.41. The number of aliphatic imine (C=N–C) groups is 1. The Labute approximate surface area is 196 Å². The molecule has 3 rings (SSSR count). The van der Waals surface area contributed by atoms with Gasteiger partial charge in [0.15, 0.2) is 5.96 Å². The molecule has 0 spiro atoms. The molecule has 1 aliphatic heterocycles. The topological polar surface area (TPSA) is 69.1 Å². The maximum absolute atomic E-state index is 13.0. The van der Waals surface area contributed by atoms with Crippen molar-refractivity contribution in [1.29, 1.82) is 0 Å². The van der Waals surface area contributed by atoms with Crippen molar-refractivity contribution in [2.24, 2.45) is 10.9 Å². The summed E-state index contributed by atoms with van der Waals surface area (Å²) in [5, 5.41) is 16.8. The van der Waals surface area contributed by atoms with Gasteiger partial charge in [0.2, 0.25) is 0 Å². The molecule has 1 aliphatic carbocycles. The van der Waals surface area contributed by atoms with Crippen molar-refractivity contribution >= 4 is 29.9 Å². The zero-order valence-electron chi connectivity index (χ0n) is 17.9. The number of nitrogens with zero attached hydrogens (tertiary/aromatic N) is 2. The van der Waals surface area contributed by atoms with Crippen molar-refractivity contribution in [1.82, 2.24) is 15.5 Å². The molecule has 0 aromatic heterocycles. The van der Waals surface area contributed by atoms with Crippen molar-refractivity contribution in [2.75, 3.05) is 39.4 Å².